The summed E-state index contributed by atoms with van der Waals surface area (Å²) in [4.78, 5) is 0. The van der Waals surface area contributed by atoms with Gasteiger partial charge in [-0.15, -0.1) is 0 Å². The molecule has 0 aliphatic rings. The fourth-order valence-corrected chi connectivity index (χ4v) is 1.26. The summed E-state index contributed by atoms with van der Waals surface area (Å²) in [7, 11) is 0. The van der Waals surface area contributed by atoms with E-state index in [2.05, 4.69) is 0 Å². The van der Waals surface area contributed by atoms with Gasteiger partial charge < -0.3 is 0 Å². The molecular formula is C8H2F5NS. The summed E-state index contributed by atoms with van der Waals surface area (Å²) >= 11 is -0.0351. The zero-order valence-corrected chi connectivity index (χ0v) is 7.72. The molecule has 0 saturated heterocycles. The highest BCUT2D eigenvalue weighted by molar-refractivity contribution is 8.03. The Morgan fingerprint density at radius 1 is 1.13 bits per heavy atom. The van der Waals surface area contributed by atoms with Crippen LogP contribution in [-0.4, -0.2) is 0 Å². The third kappa shape index (κ3) is 2.21. The van der Waals surface area contributed by atoms with E-state index in [1.165, 1.54) is 5.40 Å². The highest BCUT2D eigenvalue weighted by Gasteiger charge is 2.24. The summed E-state index contributed by atoms with van der Waals surface area (Å²) < 4.78 is 63.4. The molecule has 0 aliphatic heterocycles. The first-order valence-electron chi connectivity index (χ1n) is 3.50. The number of rotatable bonds is 2. The Kier molecular flexibility index (Phi) is 3.52. The van der Waals surface area contributed by atoms with Crippen molar-refractivity contribution in [2.45, 2.75) is 5.50 Å². The third-order valence-corrected chi connectivity index (χ3v) is 2.10. The van der Waals surface area contributed by atoms with Crippen LogP contribution in [0.15, 0.2) is 6.07 Å². The standard InChI is InChI=1S/C8H2F5NS/c9-4-1-3(8(13)15-2-14)5(10)7(12)6(4)11/h1,8H. The van der Waals surface area contributed by atoms with Crippen LogP contribution in [0, 0.1) is 33.9 Å². The maximum atomic E-state index is 12.9. The van der Waals surface area contributed by atoms with E-state index in [9.17, 15) is 22.0 Å². The van der Waals surface area contributed by atoms with Crippen LogP contribution in [0.3, 0.4) is 0 Å². The van der Waals surface area contributed by atoms with E-state index in [1.54, 1.807) is 0 Å². The smallest absolute Gasteiger partial charge is 0.197 e. The first kappa shape index (κ1) is 11.8. The lowest BCUT2D eigenvalue weighted by atomic mass is 10.2. The van der Waals surface area contributed by atoms with Crippen LogP contribution in [0.4, 0.5) is 22.0 Å². The minimum Gasteiger partial charge on any atom is -0.229 e. The average Bonchev–Trinajstić information content (AvgIpc) is 2.20. The molecule has 80 valence electrons. The Morgan fingerprint density at radius 2 is 1.73 bits per heavy atom. The van der Waals surface area contributed by atoms with Gasteiger partial charge in [-0.3, -0.25) is 0 Å². The largest absolute Gasteiger partial charge is 0.229 e. The number of halogens is 5. The third-order valence-electron chi connectivity index (χ3n) is 1.53. The Labute approximate surface area is 85.5 Å². The molecule has 1 atom stereocenters. The number of hydrogen-bond donors (Lipinski definition) is 0. The number of benzene rings is 1. The van der Waals surface area contributed by atoms with Crippen molar-refractivity contribution in [3.05, 3.63) is 34.9 Å². The molecule has 0 aliphatic carbocycles. The van der Waals surface area contributed by atoms with E-state index in [4.69, 9.17) is 5.26 Å². The fraction of sp³-hybridized carbons (Fsp3) is 0.125. The number of thioether (sulfide) groups is 1. The van der Waals surface area contributed by atoms with Crippen LogP contribution >= 0.6 is 11.8 Å². The topological polar surface area (TPSA) is 23.8 Å². The van der Waals surface area contributed by atoms with Crippen molar-refractivity contribution in [2.75, 3.05) is 0 Å². The van der Waals surface area contributed by atoms with Crippen LogP contribution in [0.5, 0.6) is 0 Å². The van der Waals surface area contributed by atoms with Crippen LogP contribution in [0.25, 0.3) is 0 Å². The molecular weight excluding hydrogens is 237 g/mol. The number of hydrogen-bond acceptors (Lipinski definition) is 2. The molecule has 15 heavy (non-hydrogen) atoms. The average molecular weight is 239 g/mol. The van der Waals surface area contributed by atoms with E-state index in [1.807, 2.05) is 0 Å². The van der Waals surface area contributed by atoms with Gasteiger partial charge in [0, 0.05) is 5.56 Å². The second kappa shape index (κ2) is 4.49. The lowest BCUT2D eigenvalue weighted by molar-refractivity contribution is 0.384. The number of nitrogens with zero attached hydrogens (tertiary/aromatic N) is 1. The van der Waals surface area contributed by atoms with Gasteiger partial charge in [0.1, 0.15) is 5.40 Å². The van der Waals surface area contributed by atoms with Gasteiger partial charge in [-0.1, -0.05) is 0 Å². The Morgan fingerprint density at radius 3 is 2.27 bits per heavy atom. The molecule has 1 rings (SSSR count). The first-order valence-corrected chi connectivity index (χ1v) is 4.38. The van der Waals surface area contributed by atoms with Gasteiger partial charge in [-0.2, -0.15) is 5.26 Å². The number of nitriles is 1. The summed E-state index contributed by atoms with van der Waals surface area (Å²) in [5, 5.41) is 9.35. The van der Waals surface area contributed by atoms with Gasteiger partial charge in [0.15, 0.2) is 28.8 Å². The maximum absolute atomic E-state index is 12.9. The molecule has 0 spiro atoms. The molecule has 0 aromatic heterocycles. The SMILES string of the molecule is N#CSC(F)c1cc(F)c(F)c(F)c1F. The summed E-state index contributed by atoms with van der Waals surface area (Å²) in [5.41, 5.74) is -3.29. The summed E-state index contributed by atoms with van der Waals surface area (Å²) in [6.45, 7) is 0. The van der Waals surface area contributed by atoms with E-state index < -0.39 is 34.3 Å². The molecule has 1 nitrogen and oxygen atoms in total. The molecule has 0 N–H and O–H groups in total. The summed E-state index contributed by atoms with van der Waals surface area (Å²) in [6, 6.07) is 0.183. The van der Waals surface area contributed by atoms with Crippen LogP contribution in [0.1, 0.15) is 11.1 Å². The minimum atomic E-state index is -2.26. The zero-order chi connectivity index (χ0) is 11.6. The predicted molar refractivity (Wildman–Crippen MR) is 43.3 cm³/mol. The van der Waals surface area contributed by atoms with Crippen molar-refractivity contribution in [1.82, 2.24) is 0 Å². The van der Waals surface area contributed by atoms with E-state index in [0.717, 1.165) is 0 Å². The molecule has 0 saturated carbocycles. The highest BCUT2D eigenvalue weighted by Crippen LogP contribution is 2.33. The molecule has 0 amide bonds. The summed E-state index contributed by atoms with van der Waals surface area (Å²) in [6.07, 6.45) is 0. The Bertz CT molecular complexity index is 428. The lowest BCUT2D eigenvalue weighted by Crippen LogP contribution is -2.02. The van der Waals surface area contributed by atoms with Crippen molar-refractivity contribution in [3.8, 4) is 5.40 Å². The zero-order valence-electron chi connectivity index (χ0n) is 6.90. The lowest BCUT2D eigenvalue weighted by Gasteiger charge is -2.06. The molecule has 0 heterocycles. The van der Waals surface area contributed by atoms with Crippen molar-refractivity contribution in [3.63, 3.8) is 0 Å². The maximum Gasteiger partial charge on any atom is 0.197 e. The summed E-state index contributed by atoms with van der Waals surface area (Å²) in [5.74, 6) is -7.63. The van der Waals surface area contributed by atoms with Crippen molar-refractivity contribution in [1.29, 1.82) is 5.26 Å². The van der Waals surface area contributed by atoms with Gasteiger partial charge in [-0.05, 0) is 17.8 Å². The first-order chi connectivity index (χ1) is 6.99. The highest BCUT2D eigenvalue weighted by atomic mass is 32.2. The second-order valence-electron chi connectivity index (χ2n) is 2.41. The molecule has 7 heteroatoms. The van der Waals surface area contributed by atoms with E-state index >= 15 is 0 Å². The van der Waals surface area contributed by atoms with E-state index in [-0.39, 0.29) is 17.8 Å². The molecule has 1 aromatic carbocycles. The second-order valence-corrected chi connectivity index (χ2v) is 3.25. The van der Waals surface area contributed by atoms with Crippen LogP contribution < -0.4 is 0 Å². The van der Waals surface area contributed by atoms with Crippen molar-refractivity contribution in [2.24, 2.45) is 0 Å². The van der Waals surface area contributed by atoms with Gasteiger partial charge >= 0.3 is 0 Å². The van der Waals surface area contributed by atoms with Crippen LogP contribution in [-0.2, 0) is 0 Å². The van der Waals surface area contributed by atoms with Crippen molar-refractivity contribution >= 4 is 11.8 Å². The quantitative estimate of drug-likeness (QED) is 0.341. The normalized spacial score (nSPS) is 12.3. The monoisotopic (exact) mass is 239 g/mol. The van der Waals surface area contributed by atoms with Gasteiger partial charge in [0.2, 0.25) is 0 Å². The van der Waals surface area contributed by atoms with Crippen molar-refractivity contribution < 1.29 is 22.0 Å². The predicted octanol–water partition coefficient (Wildman–Crippen LogP) is 3.43. The molecule has 0 bridgehead atoms. The fourth-order valence-electron chi connectivity index (χ4n) is 0.866. The van der Waals surface area contributed by atoms with Gasteiger partial charge in [0.25, 0.3) is 0 Å². The van der Waals surface area contributed by atoms with E-state index in [0.29, 0.717) is 0 Å². The van der Waals surface area contributed by atoms with Gasteiger partial charge in [-0.25, -0.2) is 22.0 Å². The minimum absolute atomic E-state index is 0.0351. The molecule has 0 fully saturated rings. The molecule has 1 unspecified atom stereocenters. The van der Waals surface area contributed by atoms with Crippen LogP contribution in [0.2, 0.25) is 0 Å². The van der Waals surface area contributed by atoms with Gasteiger partial charge in [0.05, 0.1) is 0 Å². The molecule has 1 aromatic rings. The Hall–Kier alpha value is -1.29. The number of alkyl halides is 1. The Balaban J connectivity index is 3.27. The number of thiocyanates is 1. The molecule has 0 radical (unpaired) electrons.